The van der Waals surface area contributed by atoms with Crippen LogP contribution in [0.4, 0.5) is 0 Å². The number of rotatable bonds is 3. The Labute approximate surface area is 159 Å². The second-order valence-electron chi connectivity index (χ2n) is 7.69. The maximum absolute atomic E-state index is 6.10. The van der Waals surface area contributed by atoms with Crippen LogP contribution < -0.4 is 0 Å². The van der Waals surface area contributed by atoms with Gasteiger partial charge in [0.15, 0.2) is 11.5 Å². The minimum absolute atomic E-state index is 0.199. The first-order chi connectivity index (χ1) is 13.3. The van der Waals surface area contributed by atoms with Crippen molar-refractivity contribution in [3.63, 3.8) is 0 Å². The topological polar surface area (TPSA) is 55.5 Å². The van der Waals surface area contributed by atoms with Crippen LogP contribution in [0.1, 0.15) is 47.5 Å². The summed E-state index contributed by atoms with van der Waals surface area (Å²) in [7, 11) is 0. The molecule has 2 aliphatic rings. The molecular weight excluding hydrogens is 338 g/mol. The Kier molecular flexibility index (Phi) is 4.38. The van der Waals surface area contributed by atoms with Crippen molar-refractivity contribution in [2.75, 3.05) is 26.2 Å². The Morgan fingerprint density at radius 2 is 1.93 bits per heavy atom. The number of nitrogens with zero attached hydrogens (tertiary/aromatic N) is 5. The monoisotopic (exact) mass is 363 g/mol. The van der Waals surface area contributed by atoms with Gasteiger partial charge in [-0.3, -0.25) is 0 Å². The number of hydrogen-bond donors (Lipinski definition) is 0. The number of benzene rings is 1. The highest BCUT2D eigenvalue weighted by Gasteiger charge is 2.28. The van der Waals surface area contributed by atoms with E-state index in [-0.39, 0.29) is 6.10 Å². The van der Waals surface area contributed by atoms with E-state index in [4.69, 9.17) is 4.74 Å². The zero-order valence-electron chi connectivity index (χ0n) is 15.7. The molecule has 1 unspecified atom stereocenters. The van der Waals surface area contributed by atoms with Gasteiger partial charge in [-0.1, -0.05) is 24.3 Å². The van der Waals surface area contributed by atoms with Crippen molar-refractivity contribution < 1.29 is 4.74 Å². The fourth-order valence-corrected chi connectivity index (χ4v) is 4.39. The molecule has 0 N–H and O–H groups in total. The molecule has 6 nitrogen and oxygen atoms in total. The van der Waals surface area contributed by atoms with Crippen LogP contribution in [-0.4, -0.2) is 51.0 Å². The number of fused-ring (bicyclic) bond motifs is 2. The van der Waals surface area contributed by atoms with Gasteiger partial charge in [0.1, 0.15) is 0 Å². The summed E-state index contributed by atoms with van der Waals surface area (Å²) < 4.78 is 8.03. The number of likely N-dealkylation sites (tertiary alicyclic amines) is 1. The lowest BCUT2D eigenvalue weighted by Crippen LogP contribution is -2.38. The fourth-order valence-electron chi connectivity index (χ4n) is 4.39. The summed E-state index contributed by atoms with van der Waals surface area (Å²) in [6.07, 6.45) is 3.40. The Balaban J connectivity index is 1.26. The summed E-state index contributed by atoms with van der Waals surface area (Å²) >= 11 is 0. The minimum atomic E-state index is 0.199. The van der Waals surface area contributed by atoms with E-state index in [1.165, 1.54) is 11.1 Å². The minimum Gasteiger partial charge on any atom is -0.372 e. The van der Waals surface area contributed by atoms with Crippen molar-refractivity contribution in [3.8, 4) is 0 Å². The van der Waals surface area contributed by atoms with E-state index < -0.39 is 0 Å². The maximum Gasteiger partial charge on any atom is 0.177 e. The van der Waals surface area contributed by atoms with Gasteiger partial charge in [0.25, 0.3) is 0 Å². The molecule has 27 heavy (non-hydrogen) atoms. The fraction of sp³-hybridized carbons (Fsp3) is 0.476. The zero-order chi connectivity index (χ0) is 18.2. The predicted molar refractivity (Wildman–Crippen MR) is 103 cm³/mol. The summed E-state index contributed by atoms with van der Waals surface area (Å²) in [5, 5.41) is 13.3. The second-order valence-corrected chi connectivity index (χ2v) is 7.69. The molecule has 0 spiro atoms. The molecule has 140 valence electrons. The van der Waals surface area contributed by atoms with Gasteiger partial charge in [-0.25, -0.2) is 0 Å². The first-order valence-electron chi connectivity index (χ1n) is 9.88. The van der Waals surface area contributed by atoms with Gasteiger partial charge in [-0.2, -0.15) is 9.61 Å². The lowest BCUT2D eigenvalue weighted by Gasteiger charge is -2.35. The first-order valence-corrected chi connectivity index (χ1v) is 9.88. The van der Waals surface area contributed by atoms with E-state index in [9.17, 15) is 0 Å². The normalized spacial score (nSPS) is 21.4. The van der Waals surface area contributed by atoms with E-state index >= 15 is 0 Å². The van der Waals surface area contributed by atoms with Crippen molar-refractivity contribution >= 4 is 5.65 Å². The highest BCUT2D eigenvalue weighted by atomic mass is 16.5. The third-order valence-electron chi connectivity index (χ3n) is 5.89. The lowest BCUT2D eigenvalue weighted by molar-refractivity contribution is 0.0107. The second kappa shape index (κ2) is 7.02. The van der Waals surface area contributed by atoms with Crippen molar-refractivity contribution in [1.29, 1.82) is 0 Å². The Morgan fingerprint density at radius 1 is 1.07 bits per heavy atom. The quantitative estimate of drug-likeness (QED) is 0.716. The molecule has 2 aromatic heterocycles. The van der Waals surface area contributed by atoms with Gasteiger partial charge in [-0.05, 0) is 62.5 Å². The Hall–Kier alpha value is -2.31. The number of aryl methyl sites for hydroxylation is 1. The third-order valence-corrected chi connectivity index (χ3v) is 5.89. The van der Waals surface area contributed by atoms with Crippen LogP contribution in [0, 0.1) is 6.92 Å². The average Bonchev–Trinajstić information content (AvgIpc) is 3.12. The van der Waals surface area contributed by atoms with E-state index in [0.29, 0.717) is 5.92 Å². The Morgan fingerprint density at radius 3 is 2.81 bits per heavy atom. The van der Waals surface area contributed by atoms with E-state index in [0.717, 1.165) is 62.7 Å². The Bertz CT molecular complexity index is 945. The van der Waals surface area contributed by atoms with Crippen LogP contribution in [0.2, 0.25) is 0 Å². The summed E-state index contributed by atoms with van der Waals surface area (Å²) in [4.78, 5) is 2.53. The van der Waals surface area contributed by atoms with Gasteiger partial charge < -0.3 is 9.64 Å². The van der Waals surface area contributed by atoms with Gasteiger partial charge in [-0.15, -0.1) is 10.2 Å². The molecule has 5 rings (SSSR count). The first kappa shape index (κ1) is 16.8. The number of piperidine rings is 1. The van der Waals surface area contributed by atoms with E-state index in [2.05, 4.69) is 44.5 Å². The van der Waals surface area contributed by atoms with Gasteiger partial charge >= 0.3 is 0 Å². The summed E-state index contributed by atoms with van der Waals surface area (Å²) in [5.74, 6) is 1.43. The van der Waals surface area contributed by atoms with E-state index in [1.807, 2.05) is 23.6 Å². The van der Waals surface area contributed by atoms with Crippen molar-refractivity contribution in [2.24, 2.45) is 0 Å². The average molecular weight is 363 g/mol. The molecule has 3 aromatic rings. The largest absolute Gasteiger partial charge is 0.372 e. The van der Waals surface area contributed by atoms with Gasteiger partial charge in [0.05, 0.1) is 18.4 Å². The molecule has 1 atom stereocenters. The highest BCUT2D eigenvalue weighted by Crippen LogP contribution is 2.31. The SMILES string of the molecule is Cc1ccc2nnc(C3CCN(CC4OCCc5ccccc54)CC3)n2n1. The van der Waals surface area contributed by atoms with Crippen molar-refractivity contribution in [1.82, 2.24) is 24.7 Å². The number of aromatic nitrogens is 4. The van der Waals surface area contributed by atoms with Crippen LogP contribution in [0.3, 0.4) is 0 Å². The molecule has 0 amide bonds. The molecule has 6 heteroatoms. The van der Waals surface area contributed by atoms with Crippen LogP contribution in [0.5, 0.6) is 0 Å². The molecule has 4 heterocycles. The number of hydrogen-bond acceptors (Lipinski definition) is 5. The molecule has 0 aliphatic carbocycles. The zero-order valence-corrected chi connectivity index (χ0v) is 15.7. The maximum atomic E-state index is 6.10. The summed E-state index contributed by atoms with van der Waals surface area (Å²) in [6.45, 7) is 5.94. The smallest absolute Gasteiger partial charge is 0.177 e. The van der Waals surface area contributed by atoms with Crippen molar-refractivity contribution in [3.05, 3.63) is 59.0 Å². The molecule has 1 aromatic carbocycles. The molecule has 0 saturated carbocycles. The molecule has 2 aliphatic heterocycles. The van der Waals surface area contributed by atoms with Crippen LogP contribution in [-0.2, 0) is 11.2 Å². The third kappa shape index (κ3) is 3.24. The molecule has 0 bridgehead atoms. The van der Waals surface area contributed by atoms with Crippen LogP contribution >= 0.6 is 0 Å². The standard InChI is InChI=1S/C21H25N5O/c1-15-6-7-20-22-23-21(26(20)24-15)17-8-11-25(12-9-17)14-19-18-5-3-2-4-16(18)10-13-27-19/h2-7,17,19H,8-14H2,1H3. The predicted octanol–water partition coefficient (Wildman–Crippen LogP) is 2.93. The van der Waals surface area contributed by atoms with Crippen LogP contribution in [0.25, 0.3) is 5.65 Å². The molecular formula is C21H25N5O. The van der Waals surface area contributed by atoms with Gasteiger partial charge in [0, 0.05) is 12.5 Å². The van der Waals surface area contributed by atoms with Crippen molar-refractivity contribution in [2.45, 2.75) is 38.2 Å². The molecule has 1 fully saturated rings. The number of ether oxygens (including phenoxy) is 1. The van der Waals surface area contributed by atoms with Crippen LogP contribution in [0.15, 0.2) is 36.4 Å². The molecule has 0 radical (unpaired) electrons. The molecule has 1 saturated heterocycles. The summed E-state index contributed by atoms with van der Waals surface area (Å²) in [6, 6.07) is 12.7. The highest BCUT2D eigenvalue weighted by molar-refractivity contribution is 5.36. The lowest BCUT2D eigenvalue weighted by atomic mass is 9.94. The van der Waals surface area contributed by atoms with E-state index in [1.54, 1.807) is 0 Å². The van der Waals surface area contributed by atoms with Gasteiger partial charge in [0.2, 0.25) is 0 Å². The summed E-state index contributed by atoms with van der Waals surface area (Å²) in [5.41, 5.74) is 4.65.